The van der Waals surface area contributed by atoms with Gasteiger partial charge in [0.2, 0.25) is 0 Å². The molecule has 2 aromatic carbocycles. The van der Waals surface area contributed by atoms with Gasteiger partial charge in [-0.3, -0.25) is 0 Å². The van der Waals surface area contributed by atoms with Crippen LogP contribution in [0.5, 0.6) is 0 Å². The summed E-state index contributed by atoms with van der Waals surface area (Å²) in [5.41, 5.74) is 4.19. The molecule has 0 amide bonds. The number of imidazole rings is 1. The number of aromatic amines is 1. The van der Waals surface area contributed by atoms with Crippen LogP contribution in [0.4, 0.5) is 4.39 Å². The van der Waals surface area contributed by atoms with Gasteiger partial charge in [-0.15, -0.1) is 0 Å². The first kappa shape index (κ1) is 17.4. The lowest BCUT2D eigenvalue weighted by atomic mass is 10.1. The van der Waals surface area contributed by atoms with Crippen LogP contribution in [0.2, 0.25) is 0 Å². The van der Waals surface area contributed by atoms with Crippen LogP contribution >= 0.6 is 0 Å². The topological polar surface area (TPSA) is 40.7 Å². The van der Waals surface area contributed by atoms with Crippen molar-refractivity contribution in [1.82, 2.24) is 15.3 Å². The standard InChI is InChI=1S/C21H24FN3/c1-15(2)10-11-23-13-16-4-3-5-18(12-16)20-14-24-21(25-20)17-6-8-19(22)9-7-17/h3-9,12,14-15,23H,10-11,13H2,1-2H3,(H,24,25). The van der Waals surface area contributed by atoms with E-state index < -0.39 is 0 Å². The molecule has 3 nitrogen and oxygen atoms in total. The predicted molar refractivity (Wildman–Crippen MR) is 101 cm³/mol. The zero-order valence-electron chi connectivity index (χ0n) is 14.7. The maximum Gasteiger partial charge on any atom is 0.137 e. The minimum atomic E-state index is -0.242. The summed E-state index contributed by atoms with van der Waals surface area (Å²) in [7, 11) is 0. The Labute approximate surface area is 148 Å². The number of halogens is 1. The number of nitrogens with one attached hydrogen (secondary N) is 2. The molecule has 3 aromatic rings. The molecule has 25 heavy (non-hydrogen) atoms. The molecule has 2 N–H and O–H groups in total. The highest BCUT2D eigenvalue weighted by Crippen LogP contribution is 2.23. The third-order valence-corrected chi connectivity index (χ3v) is 4.16. The highest BCUT2D eigenvalue weighted by Gasteiger charge is 2.06. The monoisotopic (exact) mass is 337 g/mol. The Balaban J connectivity index is 1.70. The van der Waals surface area contributed by atoms with E-state index >= 15 is 0 Å². The molecule has 1 heterocycles. The molecular formula is C21H24FN3. The van der Waals surface area contributed by atoms with E-state index in [0.717, 1.165) is 35.7 Å². The van der Waals surface area contributed by atoms with E-state index in [1.54, 1.807) is 12.1 Å². The van der Waals surface area contributed by atoms with Gasteiger partial charge in [0.1, 0.15) is 11.6 Å². The van der Waals surface area contributed by atoms with E-state index in [2.05, 4.69) is 53.4 Å². The summed E-state index contributed by atoms with van der Waals surface area (Å²) < 4.78 is 13.1. The fraction of sp³-hybridized carbons (Fsp3) is 0.286. The molecule has 0 unspecified atom stereocenters. The predicted octanol–water partition coefficient (Wildman–Crippen LogP) is 5.02. The molecule has 0 atom stereocenters. The Morgan fingerprint density at radius 1 is 1.08 bits per heavy atom. The second kappa shape index (κ2) is 8.08. The molecule has 0 saturated carbocycles. The minimum Gasteiger partial charge on any atom is -0.338 e. The van der Waals surface area contributed by atoms with Crippen LogP contribution in [0.3, 0.4) is 0 Å². The summed E-state index contributed by atoms with van der Waals surface area (Å²) >= 11 is 0. The lowest BCUT2D eigenvalue weighted by molar-refractivity contribution is 0.537. The van der Waals surface area contributed by atoms with Gasteiger partial charge >= 0.3 is 0 Å². The van der Waals surface area contributed by atoms with Gasteiger partial charge in [0, 0.05) is 12.1 Å². The molecular weight excluding hydrogens is 313 g/mol. The number of hydrogen-bond donors (Lipinski definition) is 2. The third-order valence-electron chi connectivity index (χ3n) is 4.16. The molecule has 0 aliphatic heterocycles. The van der Waals surface area contributed by atoms with Crippen molar-refractivity contribution in [3.63, 3.8) is 0 Å². The molecule has 0 spiro atoms. The Kier molecular flexibility index (Phi) is 5.61. The SMILES string of the molecule is CC(C)CCNCc1cccc(-c2cnc(-c3ccc(F)cc3)[nH]2)c1. The normalized spacial score (nSPS) is 11.2. The van der Waals surface area contributed by atoms with Crippen molar-refractivity contribution in [2.45, 2.75) is 26.8 Å². The Morgan fingerprint density at radius 3 is 2.64 bits per heavy atom. The zero-order chi connectivity index (χ0) is 17.6. The first-order chi connectivity index (χ1) is 12.1. The number of rotatable bonds is 7. The van der Waals surface area contributed by atoms with Gasteiger partial charge in [0.25, 0.3) is 0 Å². The summed E-state index contributed by atoms with van der Waals surface area (Å²) in [4.78, 5) is 7.74. The van der Waals surface area contributed by atoms with E-state index in [9.17, 15) is 4.39 Å². The number of hydrogen-bond acceptors (Lipinski definition) is 2. The second-order valence-corrected chi connectivity index (χ2v) is 6.71. The molecule has 3 rings (SSSR count). The summed E-state index contributed by atoms with van der Waals surface area (Å²) in [5, 5.41) is 3.49. The van der Waals surface area contributed by atoms with E-state index in [0.29, 0.717) is 5.92 Å². The summed E-state index contributed by atoms with van der Waals surface area (Å²) in [6.45, 7) is 6.36. The molecule has 4 heteroatoms. The second-order valence-electron chi connectivity index (χ2n) is 6.71. The molecule has 0 aliphatic carbocycles. The molecule has 0 radical (unpaired) electrons. The van der Waals surface area contributed by atoms with Crippen molar-refractivity contribution in [2.75, 3.05) is 6.54 Å². The first-order valence-electron chi connectivity index (χ1n) is 8.73. The molecule has 0 aliphatic rings. The number of nitrogens with zero attached hydrogens (tertiary/aromatic N) is 1. The van der Waals surface area contributed by atoms with Crippen molar-refractivity contribution < 1.29 is 4.39 Å². The van der Waals surface area contributed by atoms with E-state index in [1.807, 2.05) is 6.20 Å². The first-order valence-corrected chi connectivity index (χ1v) is 8.73. The van der Waals surface area contributed by atoms with Gasteiger partial charge in [0.05, 0.1) is 11.9 Å². The average Bonchev–Trinajstić information content (AvgIpc) is 3.10. The lowest BCUT2D eigenvalue weighted by Crippen LogP contribution is -2.16. The maximum absolute atomic E-state index is 13.1. The van der Waals surface area contributed by atoms with Gasteiger partial charge in [-0.2, -0.15) is 0 Å². The quantitative estimate of drug-likeness (QED) is 0.594. The van der Waals surface area contributed by atoms with Crippen LogP contribution < -0.4 is 5.32 Å². The van der Waals surface area contributed by atoms with Crippen LogP contribution in [-0.2, 0) is 6.54 Å². The Hall–Kier alpha value is -2.46. The number of benzene rings is 2. The average molecular weight is 337 g/mol. The minimum absolute atomic E-state index is 0.242. The molecule has 0 bridgehead atoms. The maximum atomic E-state index is 13.1. The van der Waals surface area contributed by atoms with Crippen molar-refractivity contribution in [3.05, 3.63) is 66.1 Å². The Bertz CT molecular complexity index is 806. The van der Waals surface area contributed by atoms with Gasteiger partial charge in [-0.1, -0.05) is 32.0 Å². The van der Waals surface area contributed by atoms with Crippen molar-refractivity contribution in [3.8, 4) is 22.6 Å². The largest absolute Gasteiger partial charge is 0.338 e. The smallest absolute Gasteiger partial charge is 0.137 e. The fourth-order valence-electron chi connectivity index (χ4n) is 2.69. The molecule has 130 valence electrons. The third kappa shape index (κ3) is 4.77. The van der Waals surface area contributed by atoms with Gasteiger partial charge in [-0.05, 0) is 60.3 Å². The highest BCUT2D eigenvalue weighted by molar-refractivity contribution is 5.64. The molecule has 0 fully saturated rings. The molecule has 1 aromatic heterocycles. The van der Waals surface area contributed by atoms with E-state index in [4.69, 9.17) is 0 Å². The van der Waals surface area contributed by atoms with Gasteiger partial charge < -0.3 is 10.3 Å². The van der Waals surface area contributed by atoms with Crippen LogP contribution in [0.25, 0.3) is 22.6 Å². The summed E-state index contributed by atoms with van der Waals surface area (Å²) in [6, 6.07) is 14.8. The fourth-order valence-corrected chi connectivity index (χ4v) is 2.69. The van der Waals surface area contributed by atoms with Crippen molar-refractivity contribution >= 4 is 0 Å². The Morgan fingerprint density at radius 2 is 1.88 bits per heavy atom. The lowest BCUT2D eigenvalue weighted by Gasteiger charge is -2.08. The number of aromatic nitrogens is 2. The number of H-pyrrole nitrogens is 1. The molecule has 0 saturated heterocycles. The van der Waals surface area contributed by atoms with Gasteiger partial charge in [-0.25, -0.2) is 9.37 Å². The van der Waals surface area contributed by atoms with Crippen molar-refractivity contribution in [2.24, 2.45) is 5.92 Å². The van der Waals surface area contributed by atoms with Gasteiger partial charge in [0.15, 0.2) is 0 Å². The summed E-state index contributed by atoms with van der Waals surface area (Å²) in [5.74, 6) is 1.22. The highest BCUT2D eigenvalue weighted by atomic mass is 19.1. The van der Waals surface area contributed by atoms with E-state index in [-0.39, 0.29) is 5.82 Å². The van der Waals surface area contributed by atoms with Crippen LogP contribution in [0.1, 0.15) is 25.8 Å². The van der Waals surface area contributed by atoms with Crippen LogP contribution in [0, 0.1) is 11.7 Å². The van der Waals surface area contributed by atoms with Crippen LogP contribution in [-0.4, -0.2) is 16.5 Å². The summed E-state index contributed by atoms with van der Waals surface area (Å²) in [6.07, 6.45) is 3.01. The van der Waals surface area contributed by atoms with Crippen molar-refractivity contribution in [1.29, 1.82) is 0 Å². The zero-order valence-corrected chi connectivity index (χ0v) is 14.7. The van der Waals surface area contributed by atoms with Crippen LogP contribution in [0.15, 0.2) is 54.7 Å². The van der Waals surface area contributed by atoms with E-state index in [1.165, 1.54) is 24.1 Å².